The highest BCUT2D eigenvalue weighted by Crippen LogP contribution is 2.16. The van der Waals surface area contributed by atoms with E-state index in [1.54, 1.807) is 4.57 Å². The number of urea groups is 1. The molecule has 0 atom stereocenters. The fourth-order valence-electron chi connectivity index (χ4n) is 2.44. The van der Waals surface area contributed by atoms with Gasteiger partial charge in [-0.2, -0.15) is 0 Å². The van der Waals surface area contributed by atoms with Crippen LogP contribution >= 0.6 is 0 Å². The smallest absolute Gasteiger partial charge is 0.308 e. The molecule has 2 amide bonds. The third-order valence-corrected chi connectivity index (χ3v) is 3.79. The number of aromatic nitrogens is 4. The largest absolute Gasteiger partial charge is 0.323 e. The van der Waals surface area contributed by atoms with E-state index in [-0.39, 0.29) is 5.69 Å². The second-order valence-electron chi connectivity index (χ2n) is 5.64. The Balaban J connectivity index is 1.71. The number of anilines is 2. The van der Waals surface area contributed by atoms with Gasteiger partial charge in [0.15, 0.2) is 11.6 Å². The summed E-state index contributed by atoms with van der Waals surface area (Å²) in [5, 5.41) is 4.92. The van der Waals surface area contributed by atoms with Crippen LogP contribution in [-0.4, -0.2) is 25.6 Å². The minimum atomic E-state index is -1.04. The molecule has 0 saturated carbocycles. The second kappa shape index (κ2) is 6.87. The molecule has 0 aliphatic carbocycles. The number of amides is 2. The van der Waals surface area contributed by atoms with Crippen LogP contribution in [0.5, 0.6) is 0 Å². The van der Waals surface area contributed by atoms with Gasteiger partial charge in [0.25, 0.3) is 0 Å². The molecule has 9 heteroatoms. The van der Waals surface area contributed by atoms with Crippen molar-refractivity contribution >= 4 is 17.4 Å². The van der Waals surface area contributed by atoms with E-state index in [1.807, 2.05) is 20.8 Å². The van der Waals surface area contributed by atoms with Crippen molar-refractivity contribution in [2.75, 3.05) is 10.6 Å². The quantitative estimate of drug-likeness (QED) is 0.750. The molecule has 2 N–H and O–H groups in total. The van der Waals surface area contributed by atoms with Gasteiger partial charge >= 0.3 is 6.03 Å². The fraction of sp³-hybridized carbons (Fsp3) is 0.176. The van der Waals surface area contributed by atoms with Crippen LogP contribution in [0.3, 0.4) is 0 Å². The van der Waals surface area contributed by atoms with Crippen molar-refractivity contribution in [1.29, 1.82) is 0 Å². The molecular weight excluding hydrogens is 342 g/mol. The molecule has 2 heterocycles. The molecule has 0 unspecified atom stereocenters. The van der Waals surface area contributed by atoms with E-state index in [9.17, 15) is 13.6 Å². The number of nitrogens with one attached hydrogen (secondary N) is 2. The van der Waals surface area contributed by atoms with Crippen molar-refractivity contribution in [3.63, 3.8) is 0 Å². The Morgan fingerprint density at radius 1 is 1.00 bits per heavy atom. The lowest BCUT2D eigenvalue weighted by molar-refractivity contribution is 0.262. The molecule has 7 nitrogen and oxygen atoms in total. The van der Waals surface area contributed by atoms with E-state index < -0.39 is 17.7 Å². The maximum Gasteiger partial charge on any atom is 0.323 e. The summed E-state index contributed by atoms with van der Waals surface area (Å²) in [6, 6.07) is 2.45. The van der Waals surface area contributed by atoms with Gasteiger partial charge in [-0.3, -0.25) is 4.57 Å². The van der Waals surface area contributed by atoms with Gasteiger partial charge in [0.2, 0.25) is 5.95 Å². The summed E-state index contributed by atoms with van der Waals surface area (Å²) >= 11 is 0. The molecule has 3 aromatic rings. The molecule has 0 bridgehead atoms. The maximum absolute atomic E-state index is 13.2. The summed E-state index contributed by atoms with van der Waals surface area (Å²) in [7, 11) is 0. The Kier molecular flexibility index (Phi) is 4.61. The van der Waals surface area contributed by atoms with Crippen molar-refractivity contribution in [3.8, 4) is 5.95 Å². The number of aryl methyl sites for hydroxylation is 2. The number of benzene rings is 1. The molecule has 0 fully saturated rings. The first kappa shape index (κ1) is 17.5. The average molecular weight is 358 g/mol. The summed E-state index contributed by atoms with van der Waals surface area (Å²) in [6.07, 6.45) is 2.89. The SMILES string of the molecule is Cc1nc(C)n(-c2ncc(NC(=O)Nc3ccc(F)c(F)c3)cn2)c1C. The number of hydrogen-bond donors (Lipinski definition) is 2. The van der Waals surface area contributed by atoms with Crippen molar-refractivity contribution in [2.24, 2.45) is 0 Å². The molecule has 0 aliphatic heterocycles. The molecule has 0 saturated heterocycles. The number of hydrogen-bond acceptors (Lipinski definition) is 4. The average Bonchev–Trinajstić information content (AvgIpc) is 2.84. The van der Waals surface area contributed by atoms with Crippen LogP contribution in [0.4, 0.5) is 25.0 Å². The minimum absolute atomic E-state index is 0.124. The van der Waals surface area contributed by atoms with Crippen molar-refractivity contribution in [2.45, 2.75) is 20.8 Å². The summed E-state index contributed by atoms with van der Waals surface area (Å²) < 4.78 is 27.9. The normalized spacial score (nSPS) is 10.7. The lowest BCUT2D eigenvalue weighted by atomic mass is 10.3. The van der Waals surface area contributed by atoms with Gasteiger partial charge in [-0.1, -0.05) is 0 Å². The van der Waals surface area contributed by atoms with E-state index in [4.69, 9.17) is 0 Å². The molecule has 26 heavy (non-hydrogen) atoms. The highest BCUT2D eigenvalue weighted by atomic mass is 19.2. The Labute approximate surface area is 148 Å². The van der Waals surface area contributed by atoms with Gasteiger partial charge in [0.1, 0.15) is 5.82 Å². The van der Waals surface area contributed by atoms with E-state index >= 15 is 0 Å². The van der Waals surface area contributed by atoms with Crippen molar-refractivity contribution in [1.82, 2.24) is 19.5 Å². The van der Waals surface area contributed by atoms with Gasteiger partial charge in [-0.15, -0.1) is 0 Å². The third-order valence-electron chi connectivity index (χ3n) is 3.79. The fourth-order valence-corrected chi connectivity index (χ4v) is 2.44. The van der Waals surface area contributed by atoms with E-state index in [0.717, 1.165) is 29.3 Å². The minimum Gasteiger partial charge on any atom is -0.308 e. The predicted molar refractivity (Wildman–Crippen MR) is 92.4 cm³/mol. The zero-order valence-corrected chi connectivity index (χ0v) is 14.3. The van der Waals surface area contributed by atoms with Gasteiger partial charge in [-0.25, -0.2) is 28.5 Å². The summed E-state index contributed by atoms with van der Waals surface area (Å²) in [4.78, 5) is 24.8. The van der Waals surface area contributed by atoms with Crippen LogP contribution in [0.2, 0.25) is 0 Å². The van der Waals surface area contributed by atoms with Crippen molar-refractivity contribution in [3.05, 3.63) is 59.4 Å². The highest BCUT2D eigenvalue weighted by Gasteiger charge is 2.12. The number of nitrogens with zero attached hydrogens (tertiary/aromatic N) is 4. The molecule has 134 valence electrons. The zero-order valence-electron chi connectivity index (χ0n) is 14.3. The molecular formula is C17H16F2N6O. The Morgan fingerprint density at radius 3 is 2.23 bits per heavy atom. The first-order chi connectivity index (χ1) is 12.3. The predicted octanol–water partition coefficient (Wildman–Crippen LogP) is 3.51. The van der Waals surface area contributed by atoms with E-state index in [1.165, 1.54) is 18.5 Å². The summed E-state index contributed by atoms with van der Waals surface area (Å²) in [6.45, 7) is 5.67. The van der Waals surface area contributed by atoms with Crippen LogP contribution in [-0.2, 0) is 0 Å². The summed E-state index contributed by atoms with van der Waals surface area (Å²) in [5.74, 6) is -0.832. The summed E-state index contributed by atoms with van der Waals surface area (Å²) in [5.41, 5.74) is 2.29. The first-order valence-electron chi connectivity index (χ1n) is 7.73. The van der Waals surface area contributed by atoms with E-state index in [2.05, 4.69) is 25.6 Å². The third kappa shape index (κ3) is 3.51. The number of rotatable bonds is 3. The first-order valence-corrected chi connectivity index (χ1v) is 7.73. The van der Waals surface area contributed by atoms with Crippen LogP contribution in [0.15, 0.2) is 30.6 Å². The zero-order chi connectivity index (χ0) is 18.8. The number of carbonyl (C=O) groups excluding carboxylic acids is 1. The van der Waals surface area contributed by atoms with Gasteiger partial charge in [-0.05, 0) is 32.9 Å². The van der Waals surface area contributed by atoms with Gasteiger partial charge in [0, 0.05) is 17.4 Å². The highest BCUT2D eigenvalue weighted by molar-refractivity contribution is 5.99. The number of halogens is 2. The van der Waals surface area contributed by atoms with Crippen LogP contribution in [0.1, 0.15) is 17.2 Å². The lowest BCUT2D eigenvalue weighted by Crippen LogP contribution is -2.20. The Morgan fingerprint density at radius 2 is 1.65 bits per heavy atom. The molecule has 0 aliphatic rings. The standard InChI is InChI=1S/C17H16F2N6O/c1-9-10(2)25(11(3)22-9)16-20-7-13(8-21-16)24-17(26)23-12-4-5-14(18)15(19)6-12/h4-8H,1-3H3,(H2,23,24,26). The van der Waals surface area contributed by atoms with Crippen LogP contribution in [0, 0.1) is 32.4 Å². The van der Waals surface area contributed by atoms with Crippen molar-refractivity contribution < 1.29 is 13.6 Å². The Hall–Kier alpha value is -3.36. The Bertz CT molecular complexity index is 968. The molecule has 2 aromatic heterocycles. The topological polar surface area (TPSA) is 84.7 Å². The maximum atomic E-state index is 13.2. The van der Waals surface area contributed by atoms with Gasteiger partial charge in [0.05, 0.1) is 23.8 Å². The molecule has 1 aromatic carbocycles. The monoisotopic (exact) mass is 358 g/mol. The number of carbonyl (C=O) groups is 1. The van der Waals surface area contributed by atoms with E-state index in [0.29, 0.717) is 11.6 Å². The van der Waals surface area contributed by atoms with Gasteiger partial charge < -0.3 is 10.6 Å². The molecule has 3 rings (SSSR count). The second-order valence-corrected chi connectivity index (χ2v) is 5.64. The molecule has 0 radical (unpaired) electrons. The molecule has 0 spiro atoms. The number of imidazole rings is 1. The lowest BCUT2D eigenvalue weighted by Gasteiger charge is -2.09. The van der Waals surface area contributed by atoms with Crippen LogP contribution in [0.25, 0.3) is 5.95 Å². The van der Waals surface area contributed by atoms with Crippen LogP contribution < -0.4 is 10.6 Å².